The number of nitriles is 1. The molecule has 13 heavy (non-hydrogen) atoms. The van der Waals surface area contributed by atoms with Crippen molar-refractivity contribution in [2.45, 2.75) is 6.42 Å². The zero-order valence-corrected chi connectivity index (χ0v) is 6.64. The van der Waals surface area contributed by atoms with Gasteiger partial charge in [0.25, 0.3) is 0 Å². The molecule has 0 fully saturated rings. The fourth-order valence-corrected chi connectivity index (χ4v) is 0.909. The molecule has 0 atom stereocenters. The highest BCUT2D eigenvalue weighted by Crippen LogP contribution is 2.09. The zero-order chi connectivity index (χ0) is 9.84. The smallest absolute Gasteiger partial charge is 0.126 e. The van der Waals surface area contributed by atoms with E-state index in [-0.39, 0.29) is 17.7 Å². The van der Waals surface area contributed by atoms with E-state index in [0.717, 1.165) is 18.2 Å². The van der Waals surface area contributed by atoms with Crippen molar-refractivity contribution in [2.24, 2.45) is 0 Å². The molecule has 0 spiro atoms. The van der Waals surface area contributed by atoms with Gasteiger partial charge in [0.15, 0.2) is 0 Å². The van der Waals surface area contributed by atoms with Gasteiger partial charge in [-0.3, -0.25) is 0 Å². The van der Waals surface area contributed by atoms with Crippen molar-refractivity contribution in [1.29, 1.82) is 10.7 Å². The van der Waals surface area contributed by atoms with Crippen molar-refractivity contribution < 1.29 is 8.78 Å². The van der Waals surface area contributed by atoms with Gasteiger partial charge in [0, 0.05) is 11.6 Å². The minimum absolute atomic E-state index is 0.0825. The van der Waals surface area contributed by atoms with Gasteiger partial charge < -0.3 is 5.41 Å². The van der Waals surface area contributed by atoms with Crippen LogP contribution in [-0.2, 0) is 0 Å². The molecule has 0 heterocycles. The Morgan fingerprint density at radius 3 is 2.31 bits per heavy atom. The average Bonchev–Trinajstić information content (AvgIpc) is 2.03. The third-order valence-corrected chi connectivity index (χ3v) is 1.47. The quantitative estimate of drug-likeness (QED) is 0.697. The Kier molecular flexibility index (Phi) is 2.70. The van der Waals surface area contributed by atoms with Gasteiger partial charge in [0.2, 0.25) is 0 Å². The minimum Gasteiger partial charge on any atom is -0.304 e. The first-order valence-corrected chi connectivity index (χ1v) is 3.54. The summed E-state index contributed by atoms with van der Waals surface area (Å²) >= 11 is 0. The van der Waals surface area contributed by atoms with Crippen LogP contribution in [0.2, 0.25) is 0 Å². The second-order valence-corrected chi connectivity index (χ2v) is 2.47. The van der Waals surface area contributed by atoms with E-state index in [1.54, 1.807) is 6.07 Å². The molecule has 0 aromatic heterocycles. The van der Waals surface area contributed by atoms with E-state index < -0.39 is 11.6 Å². The summed E-state index contributed by atoms with van der Waals surface area (Å²) in [5.41, 5.74) is 0.0277. The van der Waals surface area contributed by atoms with Crippen LogP contribution in [0, 0.1) is 28.4 Å². The first kappa shape index (κ1) is 9.33. The van der Waals surface area contributed by atoms with Gasteiger partial charge in [0.1, 0.15) is 11.6 Å². The Bertz CT molecular complexity index is 359. The zero-order valence-electron chi connectivity index (χ0n) is 6.64. The number of hydrogen-bond acceptors (Lipinski definition) is 2. The normalized spacial score (nSPS) is 9.31. The van der Waals surface area contributed by atoms with Gasteiger partial charge in [-0.15, -0.1) is 0 Å². The minimum atomic E-state index is -0.738. The summed E-state index contributed by atoms with van der Waals surface area (Å²) in [6.07, 6.45) is -0.150. The van der Waals surface area contributed by atoms with Crippen molar-refractivity contribution in [2.75, 3.05) is 0 Å². The van der Waals surface area contributed by atoms with Gasteiger partial charge in [-0.1, -0.05) is 0 Å². The second kappa shape index (κ2) is 3.76. The van der Waals surface area contributed by atoms with Crippen LogP contribution in [0.15, 0.2) is 18.2 Å². The van der Waals surface area contributed by atoms with E-state index in [9.17, 15) is 8.78 Å². The number of rotatable bonds is 2. The fourth-order valence-electron chi connectivity index (χ4n) is 0.909. The maximum absolute atomic E-state index is 12.6. The Hall–Kier alpha value is -1.76. The van der Waals surface area contributed by atoms with Crippen molar-refractivity contribution >= 4 is 5.71 Å². The summed E-state index contributed by atoms with van der Waals surface area (Å²) < 4.78 is 25.2. The molecule has 4 heteroatoms. The van der Waals surface area contributed by atoms with Crippen LogP contribution < -0.4 is 0 Å². The maximum atomic E-state index is 12.6. The molecule has 1 aromatic rings. The van der Waals surface area contributed by atoms with Crippen LogP contribution in [0.1, 0.15) is 12.0 Å². The van der Waals surface area contributed by atoms with E-state index >= 15 is 0 Å². The lowest BCUT2D eigenvalue weighted by Crippen LogP contribution is -1.99. The fraction of sp³-hybridized carbons (Fsp3) is 0.111. The van der Waals surface area contributed by atoms with Crippen molar-refractivity contribution in [3.63, 3.8) is 0 Å². The van der Waals surface area contributed by atoms with Crippen molar-refractivity contribution in [3.05, 3.63) is 35.4 Å². The van der Waals surface area contributed by atoms with Gasteiger partial charge in [0.05, 0.1) is 18.2 Å². The van der Waals surface area contributed by atoms with E-state index in [1.165, 1.54) is 0 Å². The molecule has 66 valence electrons. The lowest BCUT2D eigenvalue weighted by Gasteiger charge is -1.99. The third kappa shape index (κ3) is 2.34. The standard InChI is InChI=1S/C9H6F2N2/c10-7-3-6(4-8(11)5-7)9(13)1-2-12/h3-5,13H,1H2. The van der Waals surface area contributed by atoms with Crippen LogP contribution in [-0.4, -0.2) is 5.71 Å². The summed E-state index contributed by atoms with van der Waals surface area (Å²) in [5, 5.41) is 15.5. The van der Waals surface area contributed by atoms with Gasteiger partial charge in [-0.25, -0.2) is 8.78 Å². The van der Waals surface area contributed by atoms with E-state index in [0.29, 0.717) is 0 Å². The summed E-state index contributed by atoms with van der Waals surface area (Å²) in [5.74, 6) is -1.48. The summed E-state index contributed by atoms with van der Waals surface area (Å²) in [4.78, 5) is 0. The molecule has 0 saturated carbocycles. The summed E-state index contributed by atoms with van der Waals surface area (Å²) in [7, 11) is 0. The highest BCUT2D eigenvalue weighted by molar-refractivity contribution is 5.99. The number of nitrogens with one attached hydrogen (secondary N) is 1. The number of hydrogen-bond donors (Lipinski definition) is 1. The molecule has 0 saturated heterocycles. The third-order valence-electron chi connectivity index (χ3n) is 1.47. The lowest BCUT2D eigenvalue weighted by atomic mass is 10.1. The monoisotopic (exact) mass is 180 g/mol. The molecule has 0 unspecified atom stereocenters. The van der Waals surface area contributed by atoms with Crippen molar-refractivity contribution in [1.82, 2.24) is 0 Å². The average molecular weight is 180 g/mol. The molecule has 0 radical (unpaired) electrons. The number of benzene rings is 1. The molecule has 0 amide bonds. The van der Waals surface area contributed by atoms with Gasteiger partial charge in [-0.05, 0) is 12.1 Å². The predicted octanol–water partition coefficient (Wildman–Crippen LogP) is 2.25. The Morgan fingerprint density at radius 2 is 1.85 bits per heavy atom. The van der Waals surface area contributed by atoms with Crippen LogP contribution in [0.25, 0.3) is 0 Å². The van der Waals surface area contributed by atoms with Gasteiger partial charge >= 0.3 is 0 Å². The van der Waals surface area contributed by atoms with Crippen LogP contribution in [0.5, 0.6) is 0 Å². The Balaban J connectivity index is 3.02. The molecule has 0 aliphatic rings. The molecule has 0 bridgehead atoms. The molecule has 1 rings (SSSR count). The van der Waals surface area contributed by atoms with Gasteiger partial charge in [-0.2, -0.15) is 5.26 Å². The van der Waals surface area contributed by atoms with E-state index in [4.69, 9.17) is 10.7 Å². The molecular formula is C9H6F2N2. The molecule has 0 aliphatic carbocycles. The molecule has 0 aliphatic heterocycles. The van der Waals surface area contributed by atoms with E-state index in [2.05, 4.69) is 0 Å². The highest BCUT2D eigenvalue weighted by Gasteiger charge is 2.04. The van der Waals surface area contributed by atoms with Crippen molar-refractivity contribution in [3.8, 4) is 6.07 Å². The maximum Gasteiger partial charge on any atom is 0.126 e. The molecule has 2 nitrogen and oxygen atoms in total. The first-order valence-electron chi connectivity index (χ1n) is 3.54. The van der Waals surface area contributed by atoms with E-state index in [1.807, 2.05) is 0 Å². The summed E-state index contributed by atoms with van der Waals surface area (Å²) in [6, 6.07) is 4.52. The molecular weight excluding hydrogens is 174 g/mol. The molecule has 1 aromatic carbocycles. The lowest BCUT2D eigenvalue weighted by molar-refractivity contribution is 0.582. The number of nitrogens with zero attached hydrogens (tertiary/aromatic N) is 1. The SMILES string of the molecule is N#CCC(=N)c1cc(F)cc(F)c1. The number of halogens is 2. The first-order chi connectivity index (χ1) is 6.13. The second-order valence-electron chi connectivity index (χ2n) is 2.47. The summed E-state index contributed by atoms with van der Waals surface area (Å²) in [6.45, 7) is 0. The topological polar surface area (TPSA) is 47.6 Å². The Morgan fingerprint density at radius 1 is 1.31 bits per heavy atom. The largest absolute Gasteiger partial charge is 0.304 e. The highest BCUT2D eigenvalue weighted by atomic mass is 19.1. The van der Waals surface area contributed by atoms with Crippen LogP contribution >= 0.6 is 0 Å². The predicted molar refractivity (Wildman–Crippen MR) is 43.4 cm³/mol. The Labute approximate surface area is 73.9 Å². The van der Waals surface area contributed by atoms with Crippen LogP contribution in [0.3, 0.4) is 0 Å². The molecule has 1 N–H and O–H groups in total. The van der Waals surface area contributed by atoms with Crippen LogP contribution in [0.4, 0.5) is 8.78 Å².